The predicted molar refractivity (Wildman–Crippen MR) is 151 cm³/mol. The Hall–Kier alpha value is -2.69. The number of aromatic amines is 1. The summed E-state index contributed by atoms with van der Waals surface area (Å²) in [5.74, 6) is -0.375. The van der Waals surface area contributed by atoms with Crippen molar-refractivity contribution in [1.29, 1.82) is 0 Å². The molecule has 1 unspecified atom stereocenters. The average molecular weight is 539 g/mol. The Balaban J connectivity index is 1.72. The number of hydrogen-bond donors (Lipinski definition) is 2. The molecule has 7 nitrogen and oxygen atoms in total. The lowest BCUT2D eigenvalue weighted by Crippen LogP contribution is -2.67. The summed E-state index contributed by atoms with van der Waals surface area (Å²) in [6, 6.07) is 20.6. The number of aromatic nitrogens is 2. The molecule has 1 aromatic heterocycles. The summed E-state index contributed by atoms with van der Waals surface area (Å²) in [4.78, 5) is 26.8. The number of thiocarbonyl (C=S) groups is 1. The number of nitrogens with zero attached hydrogens (tertiary/aromatic N) is 1. The van der Waals surface area contributed by atoms with Gasteiger partial charge in [0.2, 0.25) is 0 Å². The van der Waals surface area contributed by atoms with E-state index in [1.165, 1.54) is 16.1 Å². The van der Waals surface area contributed by atoms with Gasteiger partial charge in [-0.3, -0.25) is 14.3 Å². The van der Waals surface area contributed by atoms with Gasteiger partial charge in [0.15, 0.2) is 0 Å². The van der Waals surface area contributed by atoms with Crippen molar-refractivity contribution in [2.24, 2.45) is 5.92 Å². The maximum atomic E-state index is 12.6. The van der Waals surface area contributed by atoms with Crippen LogP contribution in [0.4, 0.5) is 0 Å². The van der Waals surface area contributed by atoms with Crippen LogP contribution in [0.2, 0.25) is 5.04 Å². The molecule has 2 heterocycles. The Morgan fingerprint density at radius 2 is 1.70 bits per heavy atom. The van der Waals surface area contributed by atoms with Crippen molar-refractivity contribution in [3.63, 3.8) is 0 Å². The minimum atomic E-state index is -2.83. The topological polar surface area (TPSA) is 93.6 Å². The first-order valence-corrected chi connectivity index (χ1v) is 14.8. The number of aliphatic hydroxyl groups is 1. The third kappa shape index (κ3) is 5.32. The molecular weight excluding hydrogens is 504 g/mol. The van der Waals surface area contributed by atoms with Gasteiger partial charge in [-0.1, -0.05) is 93.7 Å². The highest BCUT2D eigenvalue weighted by atomic mass is 32.1. The Bertz CT molecular complexity index is 1300. The van der Waals surface area contributed by atoms with E-state index in [2.05, 4.69) is 50.0 Å². The fourth-order valence-corrected chi connectivity index (χ4v) is 10.1. The van der Waals surface area contributed by atoms with Gasteiger partial charge < -0.3 is 14.3 Å². The lowest BCUT2D eigenvalue weighted by Gasteiger charge is -2.43. The highest BCUT2D eigenvalue weighted by molar-refractivity contribution is 7.79. The summed E-state index contributed by atoms with van der Waals surface area (Å²) in [7, 11) is -2.83. The van der Waals surface area contributed by atoms with Gasteiger partial charge in [0.1, 0.15) is 6.23 Å². The van der Waals surface area contributed by atoms with E-state index in [1.54, 1.807) is 6.92 Å². The number of benzene rings is 2. The third-order valence-corrected chi connectivity index (χ3v) is 12.5. The van der Waals surface area contributed by atoms with Crippen molar-refractivity contribution in [1.82, 2.24) is 9.55 Å². The van der Waals surface area contributed by atoms with Crippen molar-refractivity contribution >= 4 is 36.3 Å². The molecule has 9 heteroatoms. The number of ether oxygens (including phenoxy) is 1. The van der Waals surface area contributed by atoms with Crippen LogP contribution in [0.25, 0.3) is 0 Å². The number of H-pyrrole nitrogens is 1. The minimum Gasteiger partial charge on any atom is -0.405 e. The quantitative estimate of drug-likeness (QED) is 0.338. The maximum absolute atomic E-state index is 12.6. The van der Waals surface area contributed by atoms with E-state index >= 15 is 0 Å². The lowest BCUT2D eigenvalue weighted by atomic mass is 9.95. The summed E-state index contributed by atoms with van der Waals surface area (Å²) in [6.45, 7) is 8.44. The molecule has 0 bridgehead atoms. The molecule has 2 N–H and O–H groups in total. The van der Waals surface area contributed by atoms with Crippen molar-refractivity contribution in [3.05, 3.63) is 93.3 Å². The molecule has 0 radical (unpaired) electrons. The van der Waals surface area contributed by atoms with Gasteiger partial charge in [-0.05, 0) is 22.3 Å². The predicted octanol–water partition coefficient (Wildman–Crippen LogP) is 2.69. The fourth-order valence-electron chi connectivity index (χ4n) is 5.31. The molecule has 0 amide bonds. The van der Waals surface area contributed by atoms with Crippen LogP contribution in [-0.4, -0.2) is 47.2 Å². The average Bonchev–Trinajstić information content (AvgIpc) is 3.30. The summed E-state index contributed by atoms with van der Waals surface area (Å²) >= 11 is 5.07. The van der Waals surface area contributed by atoms with E-state index in [1.807, 2.05) is 36.4 Å². The van der Waals surface area contributed by atoms with Crippen molar-refractivity contribution in [2.75, 3.05) is 6.61 Å². The first kappa shape index (κ1) is 27.3. The van der Waals surface area contributed by atoms with Crippen molar-refractivity contribution in [2.45, 2.75) is 57.6 Å². The monoisotopic (exact) mass is 538 g/mol. The highest BCUT2D eigenvalue weighted by Crippen LogP contribution is 2.39. The Labute approximate surface area is 223 Å². The standard InChI is InChI=1S/C28H34N2O5SSi/c1-19-16-30(27(33)29-26(19)32)25-15-22(23(31)18-36)24(35-25)17-34-37(28(2,3)4,20-11-7-5-8-12-20)21-13-9-6-10-14-21/h5-14,16,18,22-25,31H,15,17H2,1-4H3,(H,29,32,33)/t22-,23?,24-,25-/m1/s1. The number of aryl methyl sites for hydroxylation is 1. The van der Waals surface area contributed by atoms with Gasteiger partial charge in [0, 0.05) is 29.5 Å². The van der Waals surface area contributed by atoms with E-state index in [0.717, 1.165) is 10.4 Å². The van der Waals surface area contributed by atoms with E-state index < -0.39 is 38.0 Å². The number of nitrogens with one attached hydrogen (secondary N) is 1. The molecule has 4 rings (SSSR count). The zero-order valence-corrected chi connectivity index (χ0v) is 23.4. The summed E-state index contributed by atoms with van der Waals surface area (Å²) < 4.78 is 14.8. The van der Waals surface area contributed by atoms with Crippen LogP contribution in [0.5, 0.6) is 0 Å². The van der Waals surface area contributed by atoms with Crippen LogP contribution in [0.1, 0.15) is 39.0 Å². The van der Waals surface area contributed by atoms with E-state index in [9.17, 15) is 14.7 Å². The van der Waals surface area contributed by atoms with E-state index in [4.69, 9.17) is 21.4 Å². The number of rotatable bonds is 8. The molecule has 37 heavy (non-hydrogen) atoms. The highest BCUT2D eigenvalue weighted by Gasteiger charge is 2.51. The maximum Gasteiger partial charge on any atom is 0.330 e. The van der Waals surface area contributed by atoms with E-state index in [-0.39, 0.29) is 17.6 Å². The molecular formula is C28H34N2O5SSi. The Kier molecular flexibility index (Phi) is 8.10. The zero-order valence-electron chi connectivity index (χ0n) is 21.6. The SMILES string of the molecule is Cc1cn([C@H]2C[C@H](C(O)C=S)[C@@H](CO[Si](c3ccccc3)(c3ccccc3)C(C)(C)C)O2)c(=O)[nH]c1=O. The fraction of sp³-hybridized carbons (Fsp3) is 0.393. The van der Waals surface area contributed by atoms with E-state index in [0.29, 0.717) is 12.0 Å². The second kappa shape index (κ2) is 11.0. The molecule has 1 aliphatic rings. The van der Waals surface area contributed by atoms with Gasteiger partial charge in [-0.15, -0.1) is 0 Å². The van der Waals surface area contributed by atoms with Crippen molar-refractivity contribution in [3.8, 4) is 0 Å². The van der Waals surface area contributed by atoms with Crippen LogP contribution in [0, 0.1) is 12.8 Å². The molecule has 0 aliphatic carbocycles. The van der Waals surface area contributed by atoms with Crippen LogP contribution in [-0.2, 0) is 9.16 Å². The van der Waals surface area contributed by atoms with Gasteiger partial charge in [0.05, 0.1) is 18.8 Å². The Morgan fingerprint density at radius 1 is 1.14 bits per heavy atom. The largest absolute Gasteiger partial charge is 0.405 e. The molecule has 3 aromatic rings. The molecule has 1 aliphatic heterocycles. The second-order valence-corrected chi connectivity index (χ2v) is 15.2. The summed E-state index contributed by atoms with van der Waals surface area (Å²) in [5, 5.41) is 14.1. The molecule has 1 fully saturated rings. The number of hydrogen-bond acceptors (Lipinski definition) is 6. The van der Waals surface area contributed by atoms with Crippen LogP contribution in [0.15, 0.2) is 76.4 Å². The van der Waals surface area contributed by atoms with Crippen molar-refractivity contribution < 1.29 is 14.3 Å². The molecule has 4 atom stereocenters. The third-order valence-electron chi connectivity index (χ3n) is 7.20. The number of aliphatic hydroxyl groups excluding tert-OH is 1. The van der Waals surface area contributed by atoms with Crippen LogP contribution < -0.4 is 21.6 Å². The smallest absolute Gasteiger partial charge is 0.330 e. The zero-order chi connectivity index (χ0) is 26.8. The lowest BCUT2D eigenvalue weighted by molar-refractivity contribution is -0.0364. The molecule has 196 valence electrons. The molecule has 1 saturated heterocycles. The Morgan fingerprint density at radius 3 is 2.22 bits per heavy atom. The molecule has 0 saturated carbocycles. The first-order valence-electron chi connectivity index (χ1n) is 12.4. The summed E-state index contributed by atoms with van der Waals surface area (Å²) in [5.41, 5.74) is -0.576. The normalized spacial score (nSPS) is 21.1. The summed E-state index contributed by atoms with van der Waals surface area (Å²) in [6.07, 6.45) is -0.232. The van der Waals surface area contributed by atoms with Crippen LogP contribution in [0.3, 0.4) is 0 Å². The first-order chi connectivity index (χ1) is 17.6. The van der Waals surface area contributed by atoms with Gasteiger partial charge in [-0.25, -0.2) is 4.79 Å². The van der Waals surface area contributed by atoms with Gasteiger partial charge in [-0.2, -0.15) is 0 Å². The molecule has 2 aromatic carbocycles. The second-order valence-electron chi connectivity index (χ2n) is 10.6. The van der Waals surface area contributed by atoms with Crippen LogP contribution >= 0.6 is 12.2 Å². The van der Waals surface area contributed by atoms with Gasteiger partial charge in [0.25, 0.3) is 13.9 Å². The minimum absolute atomic E-state index is 0.214. The van der Waals surface area contributed by atoms with Gasteiger partial charge >= 0.3 is 5.69 Å². The molecule has 0 spiro atoms.